The smallest absolute Gasteiger partial charge is 0.305 e. The quantitative estimate of drug-likeness (QED) is 0.544. The fraction of sp³-hybridized carbons (Fsp3) is 0.375. The van der Waals surface area contributed by atoms with Crippen molar-refractivity contribution in [1.29, 1.82) is 0 Å². The van der Waals surface area contributed by atoms with Gasteiger partial charge in [0.15, 0.2) is 0 Å². The summed E-state index contributed by atoms with van der Waals surface area (Å²) in [6.45, 7) is 9.00. The molecule has 0 aliphatic rings. The van der Waals surface area contributed by atoms with E-state index in [0.717, 1.165) is 24.1 Å². The lowest BCUT2D eigenvalue weighted by Gasteiger charge is -2.19. The van der Waals surface area contributed by atoms with Crippen molar-refractivity contribution in [2.75, 3.05) is 6.61 Å². The van der Waals surface area contributed by atoms with E-state index in [1.165, 1.54) is 22.1 Å². The maximum Gasteiger partial charge on any atom is 0.305 e. The number of rotatable bonds is 6. The molecule has 0 radical (unpaired) electrons. The second kappa shape index (κ2) is 7.99. The van der Waals surface area contributed by atoms with Crippen LogP contribution in [0.3, 0.4) is 0 Å². The molecule has 3 nitrogen and oxygen atoms in total. The number of aromatic nitrogens is 1. The van der Waals surface area contributed by atoms with E-state index in [1.807, 2.05) is 6.92 Å². The van der Waals surface area contributed by atoms with Crippen molar-refractivity contribution >= 4 is 16.9 Å². The zero-order chi connectivity index (χ0) is 19.4. The van der Waals surface area contributed by atoms with Gasteiger partial charge in [-0.3, -0.25) is 4.79 Å². The molecule has 1 N–H and O–H groups in total. The molecule has 0 saturated heterocycles. The average molecular weight is 364 g/mol. The number of carbonyl (C=O) groups excluding carboxylic acids is 1. The van der Waals surface area contributed by atoms with Crippen LogP contribution in [-0.4, -0.2) is 17.6 Å². The molecule has 3 heteroatoms. The predicted molar refractivity (Wildman–Crippen MR) is 112 cm³/mol. The number of hydrogen-bond donors (Lipinski definition) is 1. The molecular formula is C24H29NO2. The minimum atomic E-state index is -0.110. The highest BCUT2D eigenvalue weighted by Crippen LogP contribution is 2.29. The van der Waals surface area contributed by atoms with Gasteiger partial charge < -0.3 is 9.72 Å². The molecule has 0 amide bonds. The first-order chi connectivity index (χ1) is 12.9. The molecule has 0 saturated carbocycles. The van der Waals surface area contributed by atoms with E-state index in [1.54, 1.807) is 0 Å². The Labute approximate surface area is 161 Å². The molecule has 0 fully saturated rings. The second-order valence-electron chi connectivity index (χ2n) is 8.09. The third-order valence-corrected chi connectivity index (χ3v) is 4.88. The Hall–Kier alpha value is -2.55. The first kappa shape index (κ1) is 19.2. The highest BCUT2D eigenvalue weighted by Gasteiger charge is 2.14. The zero-order valence-corrected chi connectivity index (χ0v) is 16.8. The molecule has 27 heavy (non-hydrogen) atoms. The maximum atomic E-state index is 11.5. The number of hydrogen-bond acceptors (Lipinski definition) is 2. The van der Waals surface area contributed by atoms with E-state index in [2.05, 4.69) is 74.3 Å². The van der Waals surface area contributed by atoms with E-state index in [9.17, 15) is 4.79 Å². The minimum absolute atomic E-state index is 0.110. The van der Waals surface area contributed by atoms with Gasteiger partial charge in [0.2, 0.25) is 0 Å². The van der Waals surface area contributed by atoms with Gasteiger partial charge in [0.25, 0.3) is 0 Å². The van der Waals surface area contributed by atoms with Crippen LogP contribution in [0.1, 0.15) is 51.7 Å². The number of carbonyl (C=O) groups is 1. The SMILES string of the molecule is CCOC(=O)CCCc1ccc2[nH]c(-c3cccc(C(C)(C)C)c3)cc2c1. The van der Waals surface area contributed by atoms with Crippen LogP contribution in [0.4, 0.5) is 0 Å². The van der Waals surface area contributed by atoms with Gasteiger partial charge in [-0.05, 0) is 66.1 Å². The number of H-pyrrole nitrogens is 1. The molecule has 3 rings (SSSR count). The molecule has 0 atom stereocenters. The molecular weight excluding hydrogens is 334 g/mol. The summed E-state index contributed by atoms with van der Waals surface area (Å²) >= 11 is 0. The van der Waals surface area contributed by atoms with Gasteiger partial charge in [0.05, 0.1) is 6.61 Å². The van der Waals surface area contributed by atoms with Crippen LogP contribution < -0.4 is 0 Å². The lowest BCUT2D eigenvalue weighted by Crippen LogP contribution is -2.10. The van der Waals surface area contributed by atoms with Crippen LogP contribution in [-0.2, 0) is 21.4 Å². The van der Waals surface area contributed by atoms with Crippen molar-refractivity contribution in [1.82, 2.24) is 4.98 Å². The van der Waals surface area contributed by atoms with Crippen LogP contribution in [0.5, 0.6) is 0 Å². The van der Waals surface area contributed by atoms with Crippen LogP contribution >= 0.6 is 0 Å². The fourth-order valence-electron chi connectivity index (χ4n) is 3.32. The van der Waals surface area contributed by atoms with E-state index >= 15 is 0 Å². The highest BCUT2D eigenvalue weighted by atomic mass is 16.5. The molecule has 0 unspecified atom stereocenters. The summed E-state index contributed by atoms with van der Waals surface area (Å²) in [6.07, 6.45) is 2.17. The highest BCUT2D eigenvalue weighted by molar-refractivity contribution is 5.86. The molecule has 142 valence electrons. The Balaban J connectivity index is 1.77. The standard InChI is InChI=1S/C24H29NO2/c1-5-27-23(26)11-6-8-17-12-13-21-19(14-17)16-22(25-21)18-9-7-10-20(15-18)24(2,3)4/h7,9-10,12-16,25H,5-6,8,11H2,1-4H3. The largest absolute Gasteiger partial charge is 0.466 e. The summed E-state index contributed by atoms with van der Waals surface area (Å²) in [5.74, 6) is -0.110. The van der Waals surface area contributed by atoms with Crippen LogP contribution in [0.25, 0.3) is 22.2 Å². The number of nitrogens with one attached hydrogen (secondary N) is 1. The van der Waals surface area contributed by atoms with Crippen LogP contribution in [0.2, 0.25) is 0 Å². The summed E-state index contributed by atoms with van der Waals surface area (Å²) in [7, 11) is 0. The Morgan fingerprint density at radius 3 is 2.63 bits per heavy atom. The second-order valence-corrected chi connectivity index (χ2v) is 8.09. The molecule has 1 aromatic heterocycles. The van der Waals surface area contributed by atoms with Gasteiger partial charge in [0.1, 0.15) is 0 Å². The van der Waals surface area contributed by atoms with E-state index in [-0.39, 0.29) is 11.4 Å². The van der Waals surface area contributed by atoms with Crippen LogP contribution in [0, 0.1) is 0 Å². The summed E-state index contributed by atoms with van der Waals surface area (Å²) in [6, 6.07) is 17.4. The summed E-state index contributed by atoms with van der Waals surface area (Å²) < 4.78 is 4.99. The summed E-state index contributed by atoms with van der Waals surface area (Å²) in [5, 5.41) is 1.21. The molecule has 0 aliphatic carbocycles. The van der Waals surface area contributed by atoms with Crippen LogP contribution in [0.15, 0.2) is 48.5 Å². The first-order valence-electron chi connectivity index (χ1n) is 9.75. The summed E-state index contributed by atoms with van der Waals surface area (Å²) in [5.41, 5.74) is 6.20. The number of aromatic amines is 1. The number of aryl methyl sites for hydroxylation is 1. The van der Waals surface area contributed by atoms with Crippen molar-refractivity contribution in [3.05, 3.63) is 59.7 Å². The number of fused-ring (bicyclic) bond motifs is 1. The van der Waals surface area contributed by atoms with E-state index in [0.29, 0.717) is 13.0 Å². The third kappa shape index (κ3) is 4.79. The number of ether oxygens (including phenoxy) is 1. The van der Waals surface area contributed by atoms with E-state index in [4.69, 9.17) is 4.74 Å². The minimum Gasteiger partial charge on any atom is -0.466 e. The third-order valence-electron chi connectivity index (χ3n) is 4.88. The molecule has 0 spiro atoms. The van der Waals surface area contributed by atoms with Crippen molar-refractivity contribution in [2.24, 2.45) is 0 Å². The van der Waals surface area contributed by atoms with Gasteiger partial charge in [-0.15, -0.1) is 0 Å². The van der Waals surface area contributed by atoms with Gasteiger partial charge in [-0.25, -0.2) is 0 Å². The first-order valence-corrected chi connectivity index (χ1v) is 9.75. The van der Waals surface area contributed by atoms with Gasteiger partial charge in [-0.1, -0.05) is 45.0 Å². The Bertz CT molecular complexity index is 931. The summed E-state index contributed by atoms with van der Waals surface area (Å²) in [4.78, 5) is 15.0. The van der Waals surface area contributed by atoms with Gasteiger partial charge >= 0.3 is 5.97 Å². The molecule has 1 heterocycles. The van der Waals surface area contributed by atoms with Crippen molar-refractivity contribution < 1.29 is 9.53 Å². The monoisotopic (exact) mass is 363 g/mol. The number of benzene rings is 2. The van der Waals surface area contributed by atoms with Crippen molar-refractivity contribution in [3.8, 4) is 11.3 Å². The topological polar surface area (TPSA) is 42.1 Å². The van der Waals surface area contributed by atoms with Gasteiger partial charge in [0, 0.05) is 23.0 Å². The fourth-order valence-corrected chi connectivity index (χ4v) is 3.32. The van der Waals surface area contributed by atoms with Crippen molar-refractivity contribution in [2.45, 2.75) is 52.4 Å². The Kier molecular flexibility index (Phi) is 5.69. The zero-order valence-electron chi connectivity index (χ0n) is 16.8. The molecule has 0 bridgehead atoms. The molecule has 2 aromatic carbocycles. The normalized spacial score (nSPS) is 11.7. The van der Waals surface area contributed by atoms with Gasteiger partial charge in [-0.2, -0.15) is 0 Å². The predicted octanol–water partition coefficient (Wildman–Crippen LogP) is 6.02. The van der Waals surface area contributed by atoms with Crippen molar-refractivity contribution in [3.63, 3.8) is 0 Å². The lowest BCUT2D eigenvalue weighted by atomic mass is 9.86. The maximum absolute atomic E-state index is 11.5. The molecule has 3 aromatic rings. The van der Waals surface area contributed by atoms with E-state index < -0.39 is 0 Å². The average Bonchev–Trinajstić information content (AvgIpc) is 3.05. The lowest BCUT2D eigenvalue weighted by molar-refractivity contribution is -0.143. The Morgan fingerprint density at radius 2 is 1.89 bits per heavy atom. The molecule has 0 aliphatic heterocycles. The Morgan fingerprint density at radius 1 is 1.07 bits per heavy atom. The number of esters is 1.